The second-order valence-corrected chi connectivity index (χ2v) is 9.66. The summed E-state index contributed by atoms with van der Waals surface area (Å²) >= 11 is 0. The maximum absolute atomic E-state index is 14.4. The van der Waals surface area contributed by atoms with Crippen LogP contribution in [0.15, 0.2) is 30.3 Å². The summed E-state index contributed by atoms with van der Waals surface area (Å²) in [5, 5.41) is 5.64. The fourth-order valence-electron chi connectivity index (χ4n) is 3.46. The van der Waals surface area contributed by atoms with Gasteiger partial charge in [0.25, 0.3) is 0 Å². The van der Waals surface area contributed by atoms with Crippen LogP contribution in [0, 0.1) is 18.2 Å². The number of pyridine rings is 1. The Morgan fingerprint density at radius 3 is 2.58 bits per heavy atom. The van der Waals surface area contributed by atoms with Crippen LogP contribution in [-0.4, -0.2) is 51.7 Å². The molecule has 2 heterocycles. The number of carbonyl (C=O) groups is 1. The van der Waals surface area contributed by atoms with Crippen LogP contribution in [-0.2, 0) is 27.5 Å². The van der Waals surface area contributed by atoms with Crippen molar-refractivity contribution in [3.8, 4) is 12.3 Å². The summed E-state index contributed by atoms with van der Waals surface area (Å²) in [6.07, 6.45) is 4.09. The van der Waals surface area contributed by atoms with E-state index in [0.717, 1.165) is 24.5 Å². The Morgan fingerprint density at radius 2 is 1.97 bits per heavy atom. The van der Waals surface area contributed by atoms with Crippen molar-refractivity contribution in [2.24, 2.45) is 0 Å². The third kappa shape index (κ3) is 7.19. The van der Waals surface area contributed by atoms with Gasteiger partial charge in [-0.1, -0.05) is 5.92 Å². The molecular weight excluding hydrogens is 502 g/mol. The van der Waals surface area contributed by atoms with E-state index in [1.807, 2.05) is 4.72 Å². The topological polar surface area (TPSA) is 103 Å². The van der Waals surface area contributed by atoms with Crippen molar-refractivity contribution >= 4 is 33.5 Å². The molecule has 0 aliphatic carbocycles. The van der Waals surface area contributed by atoms with Gasteiger partial charge in [-0.2, -0.15) is 13.2 Å². The lowest BCUT2D eigenvalue weighted by atomic mass is 10.1. The number of halogens is 4. The summed E-state index contributed by atoms with van der Waals surface area (Å²) in [5.74, 6) is 0.807. The van der Waals surface area contributed by atoms with E-state index < -0.39 is 33.6 Å². The van der Waals surface area contributed by atoms with E-state index in [9.17, 15) is 30.8 Å². The first-order valence-corrected chi connectivity index (χ1v) is 12.5. The summed E-state index contributed by atoms with van der Waals surface area (Å²) in [7, 11) is -3.77. The van der Waals surface area contributed by atoms with Gasteiger partial charge >= 0.3 is 6.18 Å². The number of rotatable bonds is 7. The maximum atomic E-state index is 14.4. The van der Waals surface area contributed by atoms with E-state index in [-0.39, 0.29) is 29.2 Å². The van der Waals surface area contributed by atoms with Gasteiger partial charge in [0, 0.05) is 44.4 Å². The van der Waals surface area contributed by atoms with Gasteiger partial charge in [-0.15, -0.1) is 6.42 Å². The zero-order valence-corrected chi connectivity index (χ0v) is 19.9. The van der Waals surface area contributed by atoms with Gasteiger partial charge in [-0.25, -0.2) is 17.8 Å². The van der Waals surface area contributed by atoms with Crippen molar-refractivity contribution < 1.29 is 30.8 Å². The van der Waals surface area contributed by atoms with Gasteiger partial charge in [0.15, 0.2) is 0 Å². The molecule has 13 heteroatoms. The highest BCUT2D eigenvalue weighted by molar-refractivity contribution is 7.92. The zero-order chi connectivity index (χ0) is 26.5. The summed E-state index contributed by atoms with van der Waals surface area (Å²) < 4.78 is 78.8. The lowest BCUT2D eigenvalue weighted by Gasteiger charge is -2.30. The van der Waals surface area contributed by atoms with Gasteiger partial charge in [0.2, 0.25) is 15.9 Å². The largest absolute Gasteiger partial charge is 0.433 e. The van der Waals surface area contributed by atoms with Crippen molar-refractivity contribution in [3.05, 3.63) is 58.5 Å². The minimum atomic E-state index is -4.61. The van der Waals surface area contributed by atoms with E-state index in [0.29, 0.717) is 31.7 Å². The van der Waals surface area contributed by atoms with E-state index in [1.165, 1.54) is 18.2 Å². The standard InChI is InChI=1S/C23H23F4N5O3S/c1-3-16-12-15(13-18(24)21(16)31-36(2,34)35)14-29-20(33)7-5-17-4-6-19(23(25,26)27)30-22(17)32-10-8-28-9-11-32/h1,4-7,12-13,28,31H,8-11,14H2,2H3,(H,29,33). The molecule has 1 fully saturated rings. The Balaban J connectivity index is 1.76. The number of hydrogen-bond acceptors (Lipinski definition) is 6. The highest BCUT2D eigenvalue weighted by Gasteiger charge is 2.33. The molecule has 3 rings (SSSR count). The lowest BCUT2D eigenvalue weighted by Crippen LogP contribution is -2.44. The minimum Gasteiger partial charge on any atom is -0.354 e. The first kappa shape index (κ1) is 27.0. The summed E-state index contributed by atoms with van der Waals surface area (Å²) in [6.45, 7) is 1.93. The van der Waals surface area contributed by atoms with Crippen LogP contribution in [0.2, 0.25) is 0 Å². The molecule has 0 bridgehead atoms. The molecule has 0 atom stereocenters. The van der Waals surface area contributed by atoms with Crippen molar-refractivity contribution in [1.82, 2.24) is 15.6 Å². The third-order valence-electron chi connectivity index (χ3n) is 5.09. The molecule has 1 aromatic carbocycles. The molecule has 0 spiro atoms. The monoisotopic (exact) mass is 525 g/mol. The van der Waals surface area contributed by atoms with Crippen molar-refractivity contribution in [1.29, 1.82) is 0 Å². The van der Waals surface area contributed by atoms with Crippen molar-refractivity contribution in [2.45, 2.75) is 12.7 Å². The Labute approximate surface area is 205 Å². The van der Waals surface area contributed by atoms with Crippen LogP contribution in [0.5, 0.6) is 0 Å². The number of piperazine rings is 1. The number of nitrogens with one attached hydrogen (secondary N) is 3. The number of amides is 1. The number of anilines is 2. The molecule has 0 unspecified atom stereocenters. The number of carbonyl (C=O) groups excluding carboxylic acids is 1. The van der Waals surface area contributed by atoms with Crippen LogP contribution < -0.4 is 20.3 Å². The average molecular weight is 526 g/mol. The molecule has 2 aromatic rings. The zero-order valence-electron chi connectivity index (χ0n) is 19.1. The molecule has 1 aliphatic heterocycles. The van der Waals surface area contributed by atoms with Crippen molar-refractivity contribution in [2.75, 3.05) is 42.1 Å². The number of aromatic nitrogens is 1. The van der Waals surface area contributed by atoms with E-state index in [1.54, 1.807) is 4.90 Å². The van der Waals surface area contributed by atoms with Crippen LogP contribution in [0.4, 0.5) is 29.1 Å². The molecule has 192 valence electrons. The summed E-state index contributed by atoms with van der Waals surface area (Å²) in [4.78, 5) is 17.8. The Hall–Kier alpha value is -3.63. The first-order valence-electron chi connectivity index (χ1n) is 10.6. The third-order valence-corrected chi connectivity index (χ3v) is 5.66. The fourth-order valence-corrected chi connectivity index (χ4v) is 4.04. The highest BCUT2D eigenvalue weighted by Crippen LogP contribution is 2.31. The number of sulfonamides is 1. The second kappa shape index (κ2) is 11.0. The molecular formula is C23H23F4N5O3S. The van der Waals surface area contributed by atoms with Gasteiger partial charge in [0.05, 0.1) is 17.5 Å². The van der Waals surface area contributed by atoms with Gasteiger partial charge in [-0.05, 0) is 35.9 Å². The Kier molecular flexibility index (Phi) is 8.21. The minimum absolute atomic E-state index is 0.0447. The maximum Gasteiger partial charge on any atom is 0.433 e. The predicted molar refractivity (Wildman–Crippen MR) is 128 cm³/mol. The van der Waals surface area contributed by atoms with Crippen LogP contribution in [0.1, 0.15) is 22.4 Å². The lowest BCUT2D eigenvalue weighted by molar-refractivity contribution is -0.141. The van der Waals surface area contributed by atoms with Crippen LogP contribution >= 0.6 is 0 Å². The quantitative estimate of drug-likeness (QED) is 0.291. The highest BCUT2D eigenvalue weighted by atomic mass is 32.2. The van der Waals surface area contributed by atoms with Crippen LogP contribution in [0.3, 0.4) is 0 Å². The summed E-state index contributed by atoms with van der Waals surface area (Å²) in [5.41, 5.74) is -0.837. The summed E-state index contributed by atoms with van der Waals surface area (Å²) in [6, 6.07) is 4.47. The second-order valence-electron chi connectivity index (χ2n) is 7.91. The Morgan fingerprint density at radius 1 is 1.28 bits per heavy atom. The van der Waals surface area contributed by atoms with Crippen molar-refractivity contribution in [3.63, 3.8) is 0 Å². The number of nitrogens with zero attached hydrogens (tertiary/aromatic N) is 2. The number of alkyl halides is 3. The number of hydrogen-bond donors (Lipinski definition) is 3. The predicted octanol–water partition coefficient (Wildman–Crippen LogP) is 2.33. The molecule has 1 aromatic heterocycles. The Bertz CT molecular complexity index is 1310. The number of benzene rings is 1. The molecule has 0 saturated carbocycles. The van der Waals surface area contributed by atoms with Gasteiger partial charge in [-0.3, -0.25) is 9.52 Å². The van der Waals surface area contributed by atoms with Gasteiger partial charge < -0.3 is 15.5 Å². The van der Waals surface area contributed by atoms with E-state index in [4.69, 9.17) is 6.42 Å². The number of terminal acetylenes is 1. The normalized spacial score (nSPS) is 14.5. The van der Waals surface area contributed by atoms with E-state index >= 15 is 0 Å². The van der Waals surface area contributed by atoms with E-state index in [2.05, 4.69) is 21.5 Å². The fraction of sp³-hybridized carbons (Fsp3) is 0.304. The molecule has 0 radical (unpaired) electrons. The average Bonchev–Trinajstić information content (AvgIpc) is 2.82. The van der Waals surface area contributed by atoms with Gasteiger partial charge in [0.1, 0.15) is 17.3 Å². The molecule has 1 amide bonds. The molecule has 3 N–H and O–H groups in total. The first-order chi connectivity index (χ1) is 16.9. The smallest absolute Gasteiger partial charge is 0.354 e. The molecule has 1 saturated heterocycles. The molecule has 8 nitrogen and oxygen atoms in total. The molecule has 36 heavy (non-hydrogen) atoms. The SMILES string of the molecule is C#Cc1cc(CNC(=O)C=Cc2ccc(C(F)(F)F)nc2N2CCNCC2)cc(F)c1NS(C)(=O)=O. The van der Waals surface area contributed by atoms with Crippen LogP contribution in [0.25, 0.3) is 6.08 Å². The molecule has 1 aliphatic rings.